The number of nitrogens with zero attached hydrogens (tertiary/aromatic N) is 3. The van der Waals surface area contributed by atoms with E-state index >= 15 is 0 Å². The summed E-state index contributed by atoms with van der Waals surface area (Å²) in [5.74, 6) is -0.511. The molecule has 0 aliphatic heterocycles. The van der Waals surface area contributed by atoms with Gasteiger partial charge in [-0.2, -0.15) is 0 Å². The number of carbonyl (C=O) groups is 1. The Morgan fingerprint density at radius 3 is 2.87 bits per heavy atom. The molecule has 1 aromatic heterocycles. The summed E-state index contributed by atoms with van der Waals surface area (Å²) in [4.78, 5) is 12.7. The quantitative estimate of drug-likeness (QED) is 0.777. The molecule has 0 spiro atoms. The lowest BCUT2D eigenvalue weighted by Crippen LogP contribution is -2.36. The lowest BCUT2D eigenvalue weighted by Gasteiger charge is -2.19. The predicted molar refractivity (Wildman–Crippen MR) is 55.6 cm³/mol. The summed E-state index contributed by atoms with van der Waals surface area (Å²) >= 11 is 4.11. The lowest BCUT2D eigenvalue weighted by molar-refractivity contribution is 0.0567. The van der Waals surface area contributed by atoms with Gasteiger partial charge in [0.2, 0.25) is 0 Å². The summed E-state index contributed by atoms with van der Waals surface area (Å²) in [7, 11) is 0. The van der Waals surface area contributed by atoms with Crippen molar-refractivity contribution < 1.29 is 13.6 Å². The first-order chi connectivity index (χ1) is 7.15. The Bertz CT molecular complexity index is 309. The van der Waals surface area contributed by atoms with Crippen LogP contribution in [0.4, 0.5) is 8.78 Å². The molecule has 8 heteroatoms. The van der Waals surface area contributed by atoms with Crippen LogP contribution in [0.3, 0.4) is 0 Å². The normalized spacial score (nSPS) is 10.7. The van der Waals surface area contributed by atoms with Gasteiger partial charge in [-0.1, -0.05) is 20.4 Å². The van der Waals surface area contributed by atoms with E-state index in [4.69, 9.17) is 0 Å². The van der Waals surface area contributed by atoms with Crippen molar-refractivity contribution in [2.24, 2.45) is 0 Å². The Balaban J connectivity index is 2.67. The molecule has 0 radical (unpaired) electrons. The molecule has 0 saturated carbocycles. The number of halogens is 3. The highest BCUT2D eigenvalue weighted by atomic mass is 79.9. The number of hydrogen-bond acceptors (Lipinski definition) is 4. The third-order valence-corrected chi connectivity index (χ3v) is 2.44. The second-order valence-electron chi connectivity index (χ2n) is 2.62. The van der Waals surface area contributed by atoms with Gasteiger partial charge in [-0.15, -0.1) is 5.10 Å². The van der Waals surface area contributed by atoms with Crippen molar-refractivity contribution in [3.05, 3.63) is 11.1 Å². The van der Waals surface area contributed by atoms with Crippen LogP contribution in [0.1, 0.15) is 10.5 Å². The van der Waals surface area contributed by atoms with E-state index < -0.39 is 18.9 Å². The maximum Gasteiger partial charge on any atom is 0.275 e. The smallest absolute Gasteiger partial charge is 0.275 e. The van der Waals surface area contributed by atoms with Crippen molar-refractivity contribution in [3.8, 4) is 0 Å². The molecule has 1 amide bonds. The van der Waals surface area contributed by atoms with Crippen LogP contribution < -0.4 is 0 Å². The standard InChI is InChI=1S/C7H8BrF2N3OS/c8-1-2-13(3-6(9)10)7(14)5-4-15-12-11-5/h4,6H,1-3H2. The first-order valence-corrected chi connectivity index (χ1v) is 6.01. The molecule has 84 valence electrons. The number of carbonyl (C=O) groups excluding carboxylic acids is 1. The van der Waals surface area contributed by atoms with Crippen LogP contribution in [0.15, 0.2) is 5.38 Å². The highest BCUT2D eigenvalue weighted by molar-refractivity contribution is 9.09. The van der Waals surface area contributed by atoms with Crippen LogP contribution in [0.2, 0.25) is 0 Å². The van der Waals surface area contributed by atoms with Gasteiger partial charge in [0.1, 0.15) is 0 Å². The largest absolute Gasteiger partial charge is 0.331 e. The molecular formula is C7H8BrF2N3OS. The van der Waals surface area contributed by atoms with Crippen LogP contribution >= 0.6 is 27.5 Å². The van der Waals surface area contributed by atoms with Gasteiger partial charge in [0, 0.05) is 17.3 Å². The summed E-state index contributed by atoms with van der Waals surface area (Å²) in [6, 6.07) is 0. The Labute approximate surface area is 97.6 Å². The summed E-state index contributed by atoms with van der Waals surface area (Å²) in [6.45, 7) is -0.358. The van der Waals surface area contributed by atoms with E-state index in [1.54, 1.807) is 0 Å². The van der Waals surface area contributed by atoms with E-state index in [9.17, 15) is 13.6 Å². The zero-order valence-corrected chi connectivity index (χ0v) is 9.97. The van der Waals surface area contributed by atoms with Crippen LogP contribution in [0.25, 0.3) is 0 Å². The summed E-state index contributed by atoms with van der Waals surface area (Å²) in [5, 5.41) is 5.43. The Morgan fingerprint density at radius 2 is 2.40 bits per heavy atom. The number of hydrogen-bond donors (Lipinski definition) is 0. The molecule has 0 bridgehead atoms. The van der Waals surface area contributed by atoms with Gasteiger partial charge in [0.25, 0.3) is 12.3 Å². The van der Waals surface area contributed by atoms with Crippen molar-refractivity contribution in [2.75, 3.05) is 18.4 Å². The molecule has 0 aromatic carbocycles. The predicted octanol–water partition coefficient (Wildman–Crippen LogP) is 1.64. The van der Waals surface area contributed by atoms with Crippen LogP contribution in [-0.4, -0.2) is 45.2 Å². The van der Waals surface area contributed by atoms with Crippen LogP contribution in [0, 0.1) is 0 Å². The molecule has 1 rings (SSSR count). The van der Waals surface area contributed by atoms with Gasteiger partial charge in [-0.05, 0) is 11.5 Å². The lowest BCUT2D eigenvalue weighted by atomic mass is 10.4. The average Bonchev–Trinajstić information content (AvgIpc) is 2.68. The Kier molecular flexibility index (Phi) is 5.03. The van der Waals surface area contributed by atoms with Gasteiger partial charge < -0.3 is 4.90 Å². The second kappa shape index (κ2) is 6.06. The minimum absolute atomic E-state index is 0.113. The SMILES string of the molecule is O=C(c1csnn1)N(CCBr)CC(F)F. The topological polar surface area (TPSA) is 46.1 Å². The van der Waals surface area contributed by atoms with E-state index in [0.29, 0.717) is 5.33 Å². The minimum atomic E-state index is -2.54. The van der Waals surface area contributed by atoms with E-state index in [-0.39, 0.29) is 12.2 Å². The van der Waals surface area contributed by atoms with E-state index in [1.807, 2.05) is 0 Å². The molecule has 0 N–H and O–H groups in total. The highest BCUT2D eigenvalue weighted by Crippen LogP contribution is 2.06. The Hall–Kier alpha value is -0.630. The maximum atomic E-state index is 12.2. The molecule has 0 fully saturated rings. The average molecular weight is 300 g/mol. The zero-order valence-electron chi connectivity index (χ0n) is 7.57. The van der Waals surface area contributed by atoms with Crippen LogP contribution in [0.5, 0.6) is 0 Å². The summed E-state index contributed by atoms with van der Waals surface area (Å²) in [5.41, 5.74) is 0.113. The molecule has 1 heterocycles. The first-order valence-electron chi connectivity index (χ1n) is 4.05. The fraction of sp³-hybridized carbons (Fsp3) is 0.571. The third-order valence-electron chi connectivity index (χ3n) is 1.58. The number of amides is 1. The van der Waals surface area contributed by atoms with E-state index in [0.717, 1.165) is 16.4 Å². The molecule has 1 aromatic rings. The fourth-order valence-corrected chi connectivity index (χ4v) is 1.82. The highest BCUT2D eigenvalue weighted by Gasteiger charge is 2.20. The molecule has 0 atom stereocenters. The summed E-state index contributed by atoms with van der Waals surface area (Å²) in [6.07, 6.45) is -2.54. The van der Waals surface area contributed by atoms with E-state index in [1.165, 1.54) is 5.38 Å². The van der Waals surface area contributed by atoms with Gasteiger partial charge in [-0.3, -0.25) is 4.79 Å². The van der Waals surface area contributed by atoms with Gasteiger partial charge in [0.15, 0.2) is 5.69 Å². The van der Waals surface area contributed by atoms with Gasteiger partial charge in [0.05, 0.1) is 6.54 Å². The van der Waals surface area contributed by atoms with Crippen molar-refractivity contribution >= 4 is 33.4 Å². The molecule has 0 aliphatic rings. The van der Waals surface area contributed by atoms with E-state index in [2.05, 4.69) is 25.5 Å². The third kappa shape index (κ3) is 3.78. The van der Waals surface area contributed by atoms with Crippen molar-refractivity contribution in [3.63, 3.8) is 0 Å². The fourth-order valence-electron chi connectivity index (χ4n) is 0.964. The van der Waals surface area contributed by atoms with Gasteiger partial charge >= 0.3 is 0 Å². The first kappa shape index (κ1) is 12.4. The molecule has 4 nitrogen and oxygen atoms in total. The number of aromatic nitrogens is 2. The molecular weight excluding hydrogens is 292 g/mol. The van der Waals surface area contributed by atoms with Crippen LogP contribution in [-0.2, 0) is 0 Å². The maximum absolute atomic E-state index is 12.2. The molecule has 0 unspecified atom stereocenters. The molecule has 15 heavy (non-hydrogen) atoms. The minimum Gasteiger partial charge on any atom is -0.331 e. The number of rotatable bonds is 5. The zero-order chi connectivity index (χ0) is 11.3. The van der Waals surface area contributed by atoms with Crippen molar-refractivity contribution in [1.29, 1.82) is 0 Å². The molecule has 0 aliphatic carbocycles. The Morgan fingerprint density at radius 1 is 1.67 bits per heavy atom. The second-order valence-corrected chi connectivity index (χ2v) is 4.02. The molecule has 0 saturated heterocycles. The van der Waals surface area contributed by atoms with Gasteiger partial charge in [-0.25, -0.2) is 8.78 Å². The van der Waals surface area contributed by atoms with Crippen molar-refractivity contribution in [2.45, 2.75) is 6.43 Å². The monoisotopic (exact) mass is 299 g/mol. The van der Waals surface area contributed by atoms with Crippen molar-refractivity contribution in [1.82, 2.24) is 14.5 Å². The number of alkyl halides is 3. The summed E-state index contributed by atoms with van der Waals surface area (Å²) < 4.78 is 27.8.